The molecule has 0 bridgehead atoms. The van der Waals surface area contributed by atoms with Crippen molar-refractivity contribution in [2.45, 2.75) is 31.3 Å². The average Bonchev–Trinajstić information content (AvgIpc) is 2.79. The molecular formula is C25H28FN3O2. The minimum atomic E-state index is -0.881. The molecule has 0 spiro atoms. The van der Waals surface area contributed by atoms with Gasteiger partial charge in [0, 0.05) is 19.4 Å². The fourth-order valence-corrected chi connectivity index (χ4v) is 3.82. The normalized spacial score (nSPS) is 13.9. The summed E-state index contributed by atoms with van der Waals surface area (Å²) in [5.74, 6) is -1.23. The topological polar surface area (TPSA) is 70.2 Å². The number of amides is 2. The molecule has 0 saturated heterocycles. The molecule has 0 aromatic heterocycles. The number of hydrogen-bond donors (Lipinski definition) is 3. The van der Waals surface area contributed by atoms with Crippen LogP contribution in [0.5, 0.6) is 0 Å². The number of hydrogen-bond acceptors (Lipinski definition) is 3. The van der Waals surface area contributed by atoms with Crippen molar-refractivity contribution in [1.82, 2.24) is 16.0 Å². The minimum absolute atomic E-state index is 0.0683. The van der Waals surface area contributed by atoms with Crippen molar-refractivity contribution in [2.75, 3.05) is 14.1 Å². The standard InChI is InChI=1S/C25H28FN3O2/c1-16(18-13-12-17-8-4-5-9-19(17)14-18)23(27-2)25(31)29-22(24(30)28-3)15-20-10-6-7-11-21(20)26/h4-14,16,22-23,27H,15H2,1-3H3,(H,28,30)(H,29,31). The maximum Gasteiger partial charge on any atom is 0.242 e. The molecule has 3 unspecified atom stereocenters. The third kappa shape index (κ3) is 5.27. The Bertz CT molecular complexity index is 1070. The third-order valence-corrected chi connectivity index (χ3v) is 5.65. The summed E-state index contributed by atoms with van der Waals surface area (Å²) in [5.41, 5.74) is 1.39. The van der Waals surface area contributed by atoms with Crippen LogP contribution >= 0.6 is 0 Å². The maximum absolute atomic E-state index is 14.1. The fraction of sp³-hybridized carbons (Fsp3) is 0.280. The van der Waals surface area contributed by atoms with Gasteiger partial charge in [0.2, 0.25) is 11.8 Å². The number of benzene rings is 3. The summed E-state index contributed by atoms with van der Waals surface area (Å²) in [7, 11) is 3.21. The summed E-state index contributed by atoms with van der Waals surface area (Å²) < 4.78 is 14.1. The van der Waals surface area contributed by atoms with E-state index < -0.39 is 17.9 Å². The van der Waals surface area contributed by atoms with E-state index in [9.17, 15) is 14.0 Å². The van der Waals surface area contributed by atoms with Crippen LogP contribution in [0.2, 0.25) is 0 Å². The molecule has 3 rings (SSSR count). The van der Waals surface area contributed by atoms with E-state index in [-0.39, 0.29) is 24.2 Å². The van der Waals surface area contributed by atoms with E-state index in [0.29, 0.717) is 5.56 Å². The number of halogens is 1. The zero-order valence-corrected chi connectivity index (χ0v) is 18.0. The van der Waals surface area contributed by atoms with Crippen LogP contribution in [0.1, 0.15) is 24.0 Å². The van der Waals surface area contributed by atoms with Crippen LogP contribution in [0.15, 0.2) is 66.7 Å². The molecule has 0 radical (unpaired) electrons. The van der Waals surface area contributed by atoms with Crippen LogP contribution in [0, 0.1) is 5.82 Å². The summed E-state index contributed by atoms with van der Waals surface area (Å²) in [6.07, 6.45) is 0.0683. The molecule has 0 fully saturated rings. The van der Waals surface area contributed by atoms with Crippen LogP contribution in [-0.4, -0.2) is 38.0 Å². The van der Waals surface area contributed by atoms with E-state index in [1.165, 1.54) is 13.1 Å². The van der Waals surface area contributed by atoms with Gasteiger partial charge in [-0.2, -0.15) is 0 Å². The lowest BCUT2D eigenvalue weighted by atomic mass is 9.90. The number of nitrogens with one attached hydrogen (secondary N) is 3. The van der Waals surface area contributed by atoms with Crippen molar-refractivity contribution in [3.05, 3.63) is 83.7 Å². The van der Waals surface area contributed by atoms with E-state index in [1.54, 1.807) is 25.2 Å². The molecule has 2 amide bonds. The monoisotopic (exact) mass is 421 g/mol. The van der Waals surface area contributed by atoms with E-state index in [4.69, 9.17) is 0 Å². The first-order valence-corrected chi connectivity index (χ1v) is 10.4. The lowest BCUT2D eigenvalue weighted by Crippen LogP contribution is -2.54. The van der Waals surface area contributed by atoms with Crippen LogP contribution in [0.4, 0.5) is 4.39 Å². The molecular weight excluding hydrogens is 393 g/mol. The molecule has 6 heteroatoms. The second-order valence-corrected chi connectivity index (χ2v) is 7.63. The number of likely N-dealkylation sites (N-methyl/N-ethyl adjacent to an activating group) is 2. The summed E-state index contributed by atoms with van der Waals surface area (Å²) in [6.45, 7) is 1.97. The maximum atomic E-state index is 14.1. The third-order valence-electron chi connectivity index (χ3n) is 5.65. The van der Waals surface area contributed by atoms with Gasteiger partial charge < -0.3 is 16.0 Å². The molecule has 0 aliphatic rings. The highest BCUT2D eigenvalue weighted by Crippen LogP contribution is 2.24. The first kappa shape index (κ1) is 22.4. The van der Waals surface area contributed by atoms with Gasteiger partial charge in [0.15, 0.2) is 0 Å². The van der Waals surface area contributed by atoms with Gasteiger partial charge in [-0.15, -0.1) is 0 Å². The van der Waals surface area contributed by atoms with Crippen molar-refractivity contribution in [3.8, 4) is 0 Å². The fourth-order valence-electron chi connectivity index (χ4n) is 3.82. The largest absolute Gasteiger partial charge is 0.357 e. The quantitative estimate of drug-likeness (QED) is 0.523. The van der Waals surface area contributed by atoms with Gasteiger partial charge in [0.05, 0.1) is 6.04 Å². The number of rotatable bonds is 8. The van der Waals surface area contributed by atoms with Crippen molar-refractivity contribution in [1.29, 1.82) is 0 Å². The summed E-state index contributed by atoms with van der Waals surface area (Å²) in [4.78, 5) is 25.5. The highest BCUT2D eigenvalue weighted by Gasteiger charge is 2.29. The number of fused-ring (bicyclic) bond motifs is 1. The Morgan fingerprint density at radius 1 is 0.903 bits per heavy atom. The van der Waals surface area contributed by atoms with Crippen LogP contribution in [0.3, 0.4) is 0 Å². The predicted molar refractivity (Wildman–Crippen MR) is 121 cm³/mol. The van der Waals surface area contributed by atoms with Gasteiger partial charge in [-0.3, -0.25) is 9.59 Å². The van der Waals surface area contributed by atoms with Gasteiger partial charge in [0.1, 0.15) is 11.9 Å². The molecule has 0 heterocycles. The summed E-state index contributed by atoms with van der Waals surface area (Å²) in [6, 6.07) is 19.0. The van der Waals surface area contributed by atoms with Gasteiger partial charge in [0.25, 0.3) is 0 Å². The van der Waals surface area contributed by atoms with Gasteiger partial charge in [-0.1, -0.05) is 67.6 Å². The van der Waals surface area contributed by atoms with Crippen molar-refractivity contribution < 1.29 is 14.0 Å². The average molecular weight is 422 g/mol. The molecule has 3 aromatic rings. The second-order valence-electron chi connectivity index (χ2n) is 7.63. The molecule has 3 N–H and O–H groups in total. The second kappa shape index (κ2) is 10.2. The first-order valence-electron chi connectivity index (χ1n) is 10.4. The Hall–Kier alpha value is -3.25. The van der Waals surface area contributed by atoms with E-state index >= 15 is 0 Å². The lowest BCUT2D eigenvalue weighted by molar-refractivity contribution is -0.130. The van der Waals surface area contributed by atoms with Crippen molar-refractivity contribution in [2.24, 2.45) is 0 Å². The summed E-state index contributed by atoms with van der Waals surface area (Å²) in [5, 5.41) is 10.7. The molecule has 31 heavy (non-hydrogen) atoms. The summed E-state index contributed by atoms with van der Waals surface area (Å²) >= 11 is 0. The minimum Gasteiger partial charge on any atom is -0.357 e. The first-order chi connectivity index (χ1) is 14.9. The Morgan fingerprint density at radius 2 is 1.58 bits per heavy atom. The zero-order valence-electron chi connectivity index (χ0n) is 18.0. The van der Waals surface area contributed by atoms with Gasteiger partial charge in [-0.25, -0.2) is 4.39 Å². The smallest absolute Gasteiger partial charge is 0.242 e. The van der Waals surface area contributed by atoms with Crippen molar-refractivity contribution >= 4 is 22.6 Å². The predicted octanol–water partition coefficient (Wildman–Crippen LogP) is 3.14. The SMILES string of the molecule is CNC(=O)C(Cc1ccccc1F)NC(=O)C(NC)C(C)c1ccc2ccccc2c1. The van der Waals surface area contributed by atoms with Gasteiger partial charge >= 0.3 is 0 Å². The molecule has 3 atom stereocenters. The molecule has 0 saturated carbocycles. The molecule has 0 aliphatic carbocycles. The highest BCUT2D eigenvalue weighted by atomic mass is 19.1. The van der Waals surface area contributed by atoms with E-state index in [0.717, 1.165) is 16.3 Å². The van der Waals surface area contributed by atoms with Crippen LogP contribution in [0.25, 0.3) is 10.8 Å². The van der Waals surface area contributed by atoms with Crippen molar-refractivity contribution in [3.63, 3.8) is 0 Å². The Labute approximate surface area is 182 Å². The zero-order chi connectivity index (χ0) is 22.4. The Kier molecular flexibility index (Phi) is 7.36. The highest BCUT2D eigenvalue weighted by molar-refractivity contribution is 5.90. The van der Waals surface area contributed by atoms with Gasteiger partial charge in [-0.05, 0) is 35.0 Å². The number of carbonyl (C=O) groups is 2. The Balaban J connectivity index is 1.79. The molecule has 162 valence electrons. The van der Waals surface area contributed by atoms with Crippen LogP contribution in [-0.2, 0) is 16.0 Å². The molecule has 3 aromatic carbocycles. The van der Waals surface area contributed by atoms with Crippen LogP contribution < -0.4 is 16.0 Å². The number of carbonyl (C=O) groups excluding carboxylic acids is 2. The molecule has 0 aliphatic heterocycles. The Morgan fingerprint density at radius 3 is 2.26 bits per heavy atom. The lowest BCUT2D eigenvalue weighted by Gasteiger charge is -2.26. The molecule has 5 nitrogen and oxygen atoms in total. The van der Waals surface area contributed by atoms with E-state index in [2.05, 4.69) is 22.0 Å². The van der Waals surface area contributed by atoms with E-state index in [1.807, 2.05) is 43.3 Å².